The molecule has 1 N–H and O–H groups in total. The third kappa shape index (κ3) is 3.78. The molecule has 3 nitrogen and oxygen atoms in total. The van der Waals surface area contributed by atoms with Gasteiger partial charge in [-0.3, -0.25) is 9.78 Å². The maximum absolute atomic E-state index is 13.0. The van der Waals surface area contributed by atoms with Crippen LogP contribution in [0.5, 0.6) is 0 Å². The third-order valence-electron chi connectivity index (χ3n) is 2.50. The molecule has 0 fully saturated rings. The van der Waals surface area contributed by atoms with Gasteiger partial charge in [0.05, 0.1) is 10.0 Å². The Balaban J connectivity index is 2.15. The zero-order chi connectivity index (χ0) is 15.6. The van der Waals surface area contributed by atoms with Gasteiger partial charge >= 0.3 is 6.18 Å². The Morgan fingerprint density at radius 1 is 1.19 bits per heavy atom. The molecule has 1 aromatic heterocycles. The maximum Gasteiger partial charge on any atom is 0.417 e. The van der Waals surface area contributed by atoms with Crippen LogP contribution in [0, 0.1) is 5.82 Å². The fourth-order valence-corrected chi connectivity index (χ4v) is 1.84. The molecule has 8 heteroatoms. The average molecular weight is 363 g/mol. The molecule has 1 amide bonds. The van der Waals surface area contributed by atoms with Crippen molar-refractivity contribution in [1.82, 2.24) is 4.98 Å². The molecule has 1 heterocycles. The number of carbonyl (C=O) groups is 1. The van der Waals surface area contributed by atoms with Crippen LogP contribution in [-0.2, 0) is 6.18 Å². The molecule has 0 spiro atoms. The van der Waals surface area contributed by atoms with E-state index >= 15 is 0 Å². The van der Waals surface area contributed by atoms with E-state index in [-0.39, 0.29) is 15.9 Å². The number of hydrogen-bond acceptors (Lipinski definition) is 2. The van der Waals surface area contributed by atoms with E-state index in [1.165, 1.54) is 12.1 Å². The smallest absolute Gasteiger partial charge is 0.321 e. The van der Waals surface area contributed by atoms with E-state index in [2.05, 4.69) is 26.2 Å². The summed E-state index contributed by atoms with van der Waals surface area (Å²) in [5.74, 6) is -1.19. The van der Waals surface area contributed by atoms with Crippen molar-refractivity contribution in [3.05, 3.63) is 58.1 Å². The van der Waals surface area contributed by atoms with E-state index in [4.69, 9.17) is 0 Å². The minimum atomic E-state index is -4.51. The number of pyridine rings is 1. The lowest BCUT2D eigenvalue weighted by Gasteiger charge is -2.08. The van der Waals surface area contributed by atoms with E-state index in [1.54, 1.807) is 0 Å². The first-order valence-corrected chi connectivity index (χ1v) is 6.36. The summed E-state index contributed by atoms with van der Waals surface area (Å²) < 4.78 is 50.3. The van der Waals surface area contributed by atoms with Gasteiger partial charge in [-0.2, -0.15) is 13.2 Å². The van der Waals surface area contributed by atoms with E-state index < -0.39 is 23.5 Å². The Bertz CT molecular complexity index is 671. The number of nitrogens with one attached hydrogen (secondary N) is 1. The highest BCUT2D eigenvalue weighted by atomic mass is 79.9. The number of anilines is 1. The van der Waals surface area contributed by atoms with Crippen molar-refractivity contribution in [2.24, 2.45) is 0 Å². The van der Waals surface area contributed by atoms with Crippen molar-refractivity contribution in [3.63, 3.8) is 0 Å². The Labute approximate surface area is 125 Å². The van der Waals surface area contributed by atoms with Crippen LogP contribution in [0.15, 0.2) is 41.0 Å². The molecule has 0 bridgehead atoms. The SMILES string of the molecule is O=C(Nc1ccc(F)c(Br)c1)c1ccc(C(F)(F)F)cn1. The summed E-state index contributed by atoms with van der Waals surface area (Å²) in [5.41, 5.74) is -0.831. The lowest BCUT2D eigenvalue weighted by atomic mass is 10.2. The number of nitrogens with zero attached hydrogens (tertiary/aromatic N) is 1. The van der Waals surface area contributed by atoms with Gasteiger partial charge in [0.2, 0.25) is 0 Å². The summed E-state index contributed by atoms with van der Waals surface area (Å²) in [6.07, 6.45) is -3.93. The molecule has 0 radical (unpaired) electrons. The van der Waals surface area contributed by atoms with Gasteiger partial charge in [-0.25, -0.2) is 4.39 Å². The van der Waals surface area contributed by atoms with Gasteiger partial charge in [-0.1, -0.05) is 0 Å². The molecule has 2 rings (SSSR count). The molecule has 21 heavy (non-hydrogen) atoms. The average Bonchev–Trinajstić information content (AvgIpc) is 2.42. The highest BCUT2D eigenvalue weighted by Gasteiger charge is 2.30. The largest absolute Gasteiger partial charge is 0.417 e. The number of amides is 1. The lowest BCUT2D eigenvalue weighted by Crippen LogP contribution is -2.15. The van der Waals surface area contributed by atoms with Crippen LogP contribution in [0.1, 0.15) is 16.1 Å². The summed E-state index contributed by atoms with van der Waals surface area (Å²) in [7, 11) is 0. The molecule has 1 aromatic carbocycles. The van der Waals surface area contributed by atoms with Crippen molar-refractivity contribution in [1.29, 1.82) is 0 Å². The lowest BCUT2D eigenvalue weighted by molar-refractivity contribution is -0.137. The molecular formula is C13H7BrF4N2O. The minimum absolute atomic E-state index is 0.153. The molecular weight excluding hydrogens is 356 g/mol. The molecule has 0 aliphatic rings. The highest BCUT2D eigenvalue weighted by molar-refractivity contribution is 9.10. The first-order valence-electron chi connectivity index (χ1n) is 5.57. The van der Waals surface area contributed by atoms with Gasteiger partial charge in [0.15, 0.2) is 0 Å². The maximum atomic E-state index is 13.0. The molecule has 0 atom stereocenters. The number of aromatic nitrogens is 1. The van der Waals surface area contributed by atoms with Gasteiger partial charge in [0, 0.05) is 11.9 Å². The predicted octanol–water partition coefficient (Wildman–Crippen LogP) is 4.25. The molecule has 2 aromatic rings. The van der Waals surface area contributed by atoms with E-state index in [0.717, 1.165) is 18.2 Å². The van der Waals surface area contributed by atoms with Crippen molar-refractivity contribution < 1.29 is 22.4 Å². The van der Waals surface area contributed by atoms with Crippen molar-refractivity contribution in [2.75, 3.05) is 5.32 Å². The summed E-state index contributed by atoms with van der Waals surface area (Å²) in [6, 6.07) is 5.53. The molecule has 0 aliphatic heterocycles. The van der Waals surface area contributed by atoms with Crippen LogP contribution in [0.25, 0.3) is 0 Å². The number of benzene rings is 1. The standard InChI is InChI=1S/C13H7BrF4N2O/c14-9-5-8(2-3-10(9)15)20-12(21)11-4-1-7(6-19-11)13(16,17)18/h1-6H,(H,20,21). The second-order valence-electron chi connectivity index (χ2n) is 4.01. The normalized spacial score (nSPS) is 11.3. The van der Waals surface area contributed by atoms with Gasteiger partial charge in [-0.05, 0) is 46.3 Å². The van der Waals surface area contributed by atoms with Crippen LogP contribution in [0.3, 0.4) is 0 Å². The first kappa shape index (κ1) is 15.4. The summed E-state index contributed by atoms with van der Waals surface area (Å²) in [6.45, 7) is 0. The summed E-state index contributed by atoms with van der Waals surface area (Å²) >= 11 is 2.96. The second-order valence-corrected chi connectivity index (χ2v) is 4.87. The van der Waals surface area contributed by atoms with Gasteiger partial charge in [-0.15, -0.1) is 0 Å². The van der Waals surface area contributed by atoms with Crippen LogP contribution >= 0.6 is 15.9 Å². The molecule has 0 saturated heterocycles. The molecule has 110 valence electrons. The Morgan fingerprint density at radius 3 is 2.43 bits per heavy atom. The molecule has 0 unspecified atom stereocenters. The number of carbonyl (C=O) groups excluding carboxylic acids is 1. The quantitative estimate of drug-likeness (QED) is 0.811. The number of alkyl halides is 3. The van der Waals surface area contributed by atoms with Crippen molar-refractivity contribution in [2.45, 2.75) is 6.18 Å². The van der Waals surface area contributed by atoms with E-state index in [9.17, 15) is 22.4 Å². The van der Waals surface area contributed by atoms with E-state index in [0.29, 0.717) is 6.20 Å². The van der Waals surface area contributed by atoms with Crippen molar-refractivity contribution in [3.8, 4) is 0 Å². The molecule has 0 aliphatic carbocycles. The predicted molar refractivity (Wildman–Crippen MR) is 71.3 cm³/mol. The van der Waals surface area contributed by atoms with Crippen LogP contribution < -0.4 is 5.32 Å². The fourth-order valence-electron chi connectivity index (χ4n) is 1.46. The van der Waals surface area contributed by atoms with Crippen LogP contribution in [0.2, 0.25) is 0 Å². The second kappa shape index (κ2) is 5.80. The first-order chi connectivity index (χ1) is 9.77. The summed E-state index contributed by atoms with van der Waals surface area (Å²) in [4.78, 5) is 15.3. The number of halogens is 5. The van der Waals surface area contributed by atoms with Gasteiger partial charge < -0.3 is 5.32 Å². The van der Waals surface area contributed by atoms with Crippen LogP contribution in [-0.4, -0.2) is 10.9 Å². The van der Waals surface area contributed by atoms with Gasteiger partial charge in [0.1, 0.15) is 11.5 Å². The minimum Gasteiger partial charge on any atom is -0.321 e. The number of hydrogen-bond donors (Lipinski definition) is 1. The highest BCUT2D eigenvalue weighted by Crippen LogP contribution is 2.28. The zero-order valence-corrected chi connectivity index (χ0v) is 11.8. The molecule has 0 saturated carbocycles. The zero-order valence-electron chi connectivity index (χ0n) is 10.2. The number of rotatable bonds is 2. The Hall–Kier alpha value is -1.96. The van der Waals surface area contributed by atoms with Gasteiger partial charge in [0.25, 0.3) is 5.91 Å². The topological polar surface area (TPSA) is 42.0 Å². The van der Waals surface area contributed by atoms with Crippen LogP contribution in [0.4, 0.5) is 23.2 Å². The van der Waals surface area contributed by atoms with E-state index in [1.807, 2.05) is 0 Å². The monoisotopic (exact) mass is 362 g/mol. The summed E-state index contributed by atoms with van der Waals surface area (Å²) in [5, 5.41) is 2.41. The van der Waals surface area contributed by atoms with Crippen molar-refractivity contribution >= 4 is 27.5 Å². The Kier molecular flexibility index (Phi) is 4.26. The Morgan fingerprint density at radius 2 is 1.90 bits per heavy atom. The fraction of sp³-hybridized carbons (Fsp3) is 0.0769. The third-order valence-corrected chi connectivity index (χ3v) is 3.11.